The summed E-state index contributed by atoms with van der Waals surface area (Å²) in [4.78, 5) is 70.7. The summed E-state index contributed by atoms with van der Waals surface area (Å²) in [5.41, 5.74) is 5.69. The maximum atomic E-state index is 13.7. The highest BCUT2D eigenvalue weighted by molar-refractivity contribution is 7.92. The SMILES string of the molecule is CCc1cc(Nc2ncc(Cl)c(Nc3cccc(OC)c3N(C)S(C)(=O)=O)n2)c(OC)cc1N1CCC(N2CCN(C(=O)CN(C)c3cccc4c3CN(C3CCC(=O)NC3=O)C4=O)CC2)CC1. The van der Waals surface area contributed by atoms with Gasteiger partial charge in [0.25, 0.3) is 5.91 Å². The molecule has 1 aromatic heterocycles. The molecule has 4 aliphatic rings. The zero-order valence-electron chi connectivity index (χ0n) is 39.2. The van der Waals surface area contributed by atoms with E-state index in [-0.39, 0.29) is 60.4 Å². The van der Waals surface area contributed by atoms with Crippen LogP contribution >= 0.6 is 11.6 Å². The highest BCUT2D eigenvalue weighted by Crippen LogP contribution is 2.41. The zero-order chi connectivity index (χ0) is 48.4. The molecule has 8 rings (SSSR count). The molecule has 19 nitrogen and oxygen atoms in total. The average molecular weight is 973 g/mol. The molecule has 1 unspecified atom stereocenters. The number of benzene rings is 3. The van der Waals surface area contributed by atoms with Crippen LogP contribution in [0.25, 0.3) is 0 Å². The van der Waals surface area contributed by atoms with Gasteiger partial charge in [-0.3, -0.25) is 33.7 Å². The summed E-state index contributed by atoms with van der Waals surface area (Å²) in [5.74, 6) is 0.461. The summed E-state index contributed by atoms with van der Waals surface area (Å²) < 4.78 is 37.6. The first-order valence-electron chi connectivity index (χ1n) is 22.7. The van der Waals surface area contributed by atoms with Crippen molar-refractivity contribution in [1.29, 1.82) is 0 Å². The summed E-state index contributed by atoms with van der Waals surface area (Å²) in [5, 5.41) is 9.05. The number of sulfonamides is 1. The Morgan fingerprint density at radius 2 is 1.65 bits per heavy atom. The van der Waals surface area contributed by atoms with E-state index < -0.39 is 22.0 Å². The average Bonchev–Trinajstić information content (AvgIpc) is 3.67. The number of fused-ring (bicyclic) bond motifs is 1. The Bertz CT molecular complexity index is 2710. The number of imide groups is 1. The molecule has 68 heavy (non-hydrogen) atoms. The number of ether oxygens (including phenoxy) is 2. The van der Waals surface area contributed by atoms with Gasteiger partial charge in [0.1, 0.15) is 28.3 Å². The molecule has 4 amide bonds. The van der Waals surface area contributed by atoms with Crippen LogP contribution < -0.4 is 39.5 Å². The monoisotopic (exact) mass is 971 g/mol. The van der Waals surface area contributed by atoms with Crippen LogP contribution in [0.2, 0.25) is 5.02 Å². The largest absolute Gasteiger partial charge is 0.494 e. The number of carbonyl (C=O) groups is 4. The molecule has 3 N–H and O–H groups in total. The molecule has 0 bridgehead atoms. The van der Waals surface area contributed by atoms with Crippen molar-refractivity contribution in [2.75, 3.05) is 105 Å². The number of nitrogens with zero attached hydrogens (tertiary/aromatic N) is 8. The van der Waals surface area contributed by atoms with Gasteiger partial charge in [-0.05, 0) is 61.6 Å². The van der Waals surface area contributed by atoms with E-state index in [0.717, 1.165) is 78.5 Å². The van der Waals surface area contributed by atoms with E-state index in [4.69, 9.17) is 21.1 Å². The predicted molar refractivity (Wildman–Crippen MR) is 261 cm³/mol. The van der Waals surface area contributed by atoms with Gasteiger partial charge in [-0.1, -0.05) is 30.7 Å². The summed E-state index contributed by atoms with van der Waals surface area (Å²) in [6.07, 6.45) is 5.76. The summed E-state index contributed by atoms with van der Waals surface area (Å²) in [6, 6.07) is 14.4. The van der Waals surface area contributed by atoms with Crippen LogP contribution in [-0.2, 0) is 37.4 Å². The van der Waals surface area contributed by atoms with Crippen LogP contribution in [0.5, 0.6) is 11.5 Å². The van der Waals surface area contributed by atoms with Gasteiger partial charge in [-0.15, -0.1) is 0 Å². The molecular formula is C47H58ClN11O8S. The number of aryl methyl sites for hydroxylation is 1. The predicted octanol–water partition coefficient (Wildman–Crippen LogP) is 4.60. The number of amides is 4. The Balaban J connectivity index is 0.862. The molecule has 0 spiro atoms. The van der Waals surface area contributed by atoms with Gasteiger partial charge in [-0.2, -0.15) is 4.98 Å². The van der Waals surface area contributed by atoms with Crippen molar-refractivity contribution in [2.45, 2.75) is 57.7 Å². The fourth-order valence-electron chi connectivity index (χ4n) is 9.62. The molecule has 0 saturated carbocycles. The van der Waals surface area contributed by atoms with E-state index in [1.165, 1.54) is 25.3 Å². The molecule has 3 saturated heterocycles. The van der Waals surface area contributed by atoms with E-state index >= 15 is 0 Å². The highest BCUT2D eigenvalue weighted by Gasteiger charge is 2.40. The van der Waals surface area contributed by atoms with Gasteiger partial charge in [0.05, 0.1) is 44.6 Å². The van der Waals surface area contributed by atoms with Crippen LogP contribution in [-0.4, -0.2) is 149 Å². The van der Waals surface area contributed by atoms with Crippen molar-refractivity contribution in [3.63, 3.8) is 0 Å². The van der Waals surface area contributed by atoms with E-state index in [9.17, 15) is 27.6 Å². The molecule has 3 fully saturated rings. The first kappa shape index (κ1) is 48.1. The van der Waals surface area contributed by atoms with Gasteiger partial charge in [0.2, 0.25) is 33.7 Å². The number of methoxy groups -OCH3 is 2. The third-order valence-corrected chi connectivity index (χ3v) is 14.8. The molecule has 1 atom stereocenters. The smallest absolute Gasteiger partial charge is 0.255 e. The number of rotatable bonds is 15. The maximum absolute atomic E-state index is 13.7. The molecule has 0 radical (unpaired) electrons. The maximum Gasteiger partial charge on any atom is 0.255 e. The van der Waals surface area contributed by atoms with Crippen molar-refractivity contribution in [3.05, 3.63) is 76.4 Å². The van der Waals surface area contributed by atoms with E-state index in [0.29, 0.717) is 53.3 Å². The molecule has 0 aliphatic carbocycles. The number of likely N-dealkylation sites (N-methyl/N-ethyl adjacent to an activating group) is 1. The summed E-state index contributed by atoms with van der Waals surface area (Å²) >= 11 is 6.56. The lowest BCUT2D eigenvalue weighted by Gasteiger charge is -2.43. The van der Waals surface area contributed by atoms with Crippen molar-refractivity contribution >= 4 is 85.5 Å². The topological polar surface area (TPSA) is 202 Å². The number of para-hydroxylation sites is 1. The Morgan fingerprint density at radius 1 is 0.926 bits per heavy atom. The van der Waals surface area contributed by atoms with Crippen LogP contribution in [0, 0.1) is 0 Å². The molecule has 362 valence electrons. The lowest BCUT2D eigenvalue weighted by Crippen LogP contribution is -2.55. The molecule has 21 heteroatoms. The number of anilines is 7. The quantitative estimate of drug-likeness (QED) is 0.140. The summed E-state index contributed by atoms with van der Waals surface area (Å²) in [6.45, 7) is 7.06. The minimum atomic E-state index is -3.63. The number of hydrogen-bond acceptors (Lipinski definition) is 15. The minimum Gasteiger partial charge on any atom is -0.494 e. The normalized spacial score (nSPS) is 18.0. The van der Waals surface area contributed by atoms with Gasteiger partial charge in [0, 0.05) is 101 Å². The van der Waals surface area contributed by atoms with Crippen LogP contribution in [0.4, 0.5) is 40.2 Å². The van der Waals surface area contributed by atoms with E-state index in [1.54, 1.807) is 37.4 Å². The lowest BCUT2D eigenvalue weighted by molar-refractivity contribution is -0.137. The first-order chi connectivity index (χ1) is 32.6. The van der Waals surface area contributed by atoms with Crippen molar-refractivity contribution in [1.82, 2.24) is 30.0 Å². The Hall–Kier alpha value is -6.38. The molecule has 5 heterocycles. The first-order valence-corrected chi connectivity index (χ1v) is 24.9. The number of nitrogens with one attached hydrogen (secondary N) is 3. The van der Waals surface area contributed by atoms with Gasteiger partial charge in [-0.25, -0.2) is 13.4 Å². The molecule has 4 aliphatic heterocycles. The third kappa shape index (κ3) is 9.93. The highest BCUT2D eigenvalue weighted by atomic mass is 35.5. The zero-order valence-corrected chi connectivity index (χ0v) is 40.7. The van der Waals surface area contributed by atoms with Gasteiger partial charge in [0.15, 0.2) is 5.82 Å². The second-order valence-corrected chi connectivity index (χ2v) is 19.9. The Kier molecular flexibility index (Phi) is 14.2. The Labute approximate surface area is 401 Å². The molecule has 3 aromatic carbocycles. The number of hydrogen-bond donors (Lipinski definition) is 3. The van der Waals surface area contributed by atoms with Crippen molar-refractivity contribution < 1.29 is 37.1 Å². The fraction of sp³-hybridized carbons (Fsp3) is 0.447. The second-order valence-electron chi connectivity index (χ2n) is 17.5. The summed E-state index contributed by atoms with van der Waals surface area (Å²) in [7, 11) is 2.75. The molecule has 4 aromatic rings. The van der Waals surface area contributed by atoms with Gasteiger partial charge < -0.3 is 39.7 Å². The third-order valence-electron chi connectivity index (χ3n) is 13.4. The number of halogens is 1. The van der Waals surface area contributed by atoms with E-state index in [1.807, 2.05) is 22.9 Å². The number of piperazine rings is 1. The minimum absolute atomic E-state index is 0.0198. The second kappa shape index (κ2) is 20.1. The van der Waals surface area contributed by atoms with Crippen LogP contribution in [0.3, 0.4) is 0 Å². The van der Waals surface area contributed by atoms with Crippen LogP contribution in [0.1, 0.15) is 54.1 Å². The van der Waals surface area contributed by atoms with Gasteiger partial charge >= 0.3 is 0 Å². The van der Waals surface area contributed by atoms with Crippen molar-refractivity contribution in [3.8, 4) is 11.5 Å². The van der Waals surface area contributed by atoms with Crippen LogP contribution in [0.15, 0.2) is 54.7 Å². The fourth-order valence-corrected chi connectivity index (χ4v) is 10.3. The number of carbonyl (C=O) groups excluding carboxylic acids is 4. The van der Waals surface area contributed by atoms with Crippen molar-refractivity contribution in [2.24, 2.45) is 0 Å². The van der Waals surface area contributed by atoms with E-state index in [2.05, 4.69) is 54.8 Å². The lowest BCUT2D eigenvalue weighted by atomic mass is 9.99. The number of aromatic nitrogens is 2. The standard InChI is InChI=1S/C47H58ClN11O8S/c1-7-29-24-35(51-47-49-26-33(48)44(53-47)50-34-11-9-13-39(66-4)43(34)55(3)68(6,64)65)40(67-5)25-38(29)57-18-16-30(17-19-57)56-20-22-58(23-21-56)42(61)28-54(2)36-12-8-10-31-32(36)27-59(46(31)63)37-14-15-41(60)52-45(37)62/h8-13,24-26,30,37H,7,14-23,27-28H2,1-6H3,(H,52,60,62)(H2,49,50,51,53). The molecular weight excluding hydrogens is 914 g/mol. The Morgan fingerprint density at radius 3 is 2.32 bits per heavy atom. The number of piperidine rings is 2.